The second kappa shape index (κ2) is 28.9. The van der Waals surface area contributed by atoms with Crippen molar-refractivity contribution in [2.75, 3.05) is 5.75 Å². The van der Waals surface area contributed by atoms with Gasteiger partial charge in [-0.15, -0.1) is 0 Å². The van der Waals surface area contributed by atoms with Crippen LogP contribution in [0.2, 0.25) is 0 Å². The van der Waals surface area contributed by atoms with E-state index in [0.717, 1.165) is 57.8 Å². The third kappa shape index (κ3) is 30.1. The lowest BCUT2D eigenvalue weighted by molar-refractivity contribution is -0.122. The highest BCUT2D eigenvalue weighted by molar-refractivity contribution is 7.85. The van der Waals surface area contributed by atoms with Crippen molar-refractivity contribution in [1.82, 2.24) is 5.32 Å². The predicted molar refractivity (Wildman–Crippen MR) is 175 cm³/mol. The molecular formula is C34H65NO5S. The summed E-state index contributed by atoms with van der Waals surface area (Å²) in [7, 11) is -4.29. The van der Waals surface area contributed by atoms with Gasteiger partial charge in [0.25, 0.3) is 10.1 Å². The predicted octanol–water partition coefficient (Wildman–Crippen LogP) is 9.23. The van der Waals surface area contributed by atoms with Crippen LogP contribution < -0.4 is 5.32 Å². The lowest BCUT2D eigenvalue weighted by Crippen LogP contribution is -2.47. The molecule has 7 heteroatoms. The number of aliphatic hydroxyl groups is 1. The second-order valence-corrected chi connectivity index (χ2v) is 13.3. The highest BCUT2D eigenvalue weighted by Gasteiger charge is 2.26. The molecule has 0 aromatic heterocycles. The summed E-state index contributed by atoms with van der Waals surface area (Å²) in [5.74, 6) is -0.909. The van der Waals surface area contributed by atoms with Crippen LogP contribution in [-0.2, 0) is 14.9 Å². The van der Waals surface area contributed by atoms with Crippen LogP contribution in [0.4, 0.5) is 0 Å². The van der Waals surface area contributed by atoms with Gasteiger partial charge in [-0.25, -0.2) is 0 Å². The number of nitrogens with one attached hydrogen (secondary N) is 1. The van der Waals surface area contributed by atoms with E-state index in [4.69, 9.17) is 0 Å². The number of carbonyl (C=O) groups is 1. The molecule has 6 nitrogen and oxygen atoms in total. The summed E-state index contributed by atoms with van der Waals surface area (Å²) in [6.45, 7) is 4.39. The first-order chi connectivity index (χ1) is 19.8. The molecule has 0 spiro atoms. The zero-order valence-corrected chi connectivity index (χ0v) is 27.5. The minimum absolute atomic E-state index is 0.258. The molecule has 0 saturated carbocycles. The summed E-state index contributed by atoms with van der Waals surface area (Å²) in [4.78, 5) is 12.4. The van der Waals surface area contributed by atoms with Gasteiger partial charge in [0.1, 0.15) is 0 Å². The molecule has 0 aliphatic heterocycles. The average Bonchev–Trinajstić information content (AvgIpc) is 2.92. The van der Waals surface area contributed by atoms with Crippen LogP contribution >= 0.6 is 0 Å². The van der Waals surface area contributed by atoms with E-state index in [0.29, 0.717) is 12.8 Å². The SMILES string of the molecule is CCCCCCC/C=C\C/C=C\CCCCCCCCCCCC(=O)NC(CS(=O)(=O)O)C(O)CCCCCCC. The van der Waals surface area contributed by atoms with Gasteiger partial charge in [-0.05, 0) is 44.9 Å². The quantitative estimate of drug-likeness (QED) is 0.0434. The largest absolute Gasteiger partial charge is 0.391 e. The van der Waals surface area contributed by atoms with Crippen LogP contribution in [0.1, 0.15) is 168 Å². The molecule has 1 amide bonds. The number of amides is 1. The van der Waals surface area contributed by atoms with Gasteiger partial charge < -0.3 is 10.4 Å². The van der Waals surface area contributed by atoms with Gasteiger partial charge in [0.05, 0.1) is 17.9 Å². The minimum Gasteiger partial charge on any atom is -0.391 e. The number of hydrogen-bond donors (Lipinski definition) is 3. The van der Waals surface area contributed by atoms with Crippen LogP contribution in [0.3, 0.4) is 0 Å². The Morgan fingerprint density at radius 1 is 0.659 bits per heavy atom. The lowest BCUT2D eigenvalue weighted by atomic mass is 10.0. The molecule has 0 radical (unpaired) electrons. The number of allylic oxidation sites excluding steroid dienone is 4. The molecule has 0 rings (SSSR count). The first-order valence-electron chi connectivity index (χ1n) is 17.0. The van der Waals surface area contributed by atoms with Crippen molar-refractivity contribution in [3.63, 3.8) is 0 Å². The van der Waals surface area contributed by atoms with Gasteiger partial charge in [0.2, 0.25) is 5.91 Å². The summed E-state index contributed by atoms with van der Waals surface area (Å²) >= 11 is 0. The first-order valence-corrected chi connectivity index (χ1v) is 18.6. The summed E-state index contributed by atoms with van der Waals surface area (Å²) in [6.07, 6.45) is 34.6. The molecule has 0 saturated heterocycles. The van der Waals surface area contributed by atoms with E-state index in [-0.39, 0.29) is 5.91 Å². The maximum atomic E-state index is 12.4. The third-order valence-electron chi connectivity index (χ3n) is 7.66. The van der Waals surface area contributed by atoms with Crippen molar-refractivity contribution in [1.29, 1.82) is 0 Å². The summed E-state index contributed by atoms with van der Waals surface area (Å²) in [5.41, 5.74) is 0. The Bertz CT molecular complexity index is 750. The highest BCUT2D eigenvalue weighted by atomic mass is 32.2. The van der Waals surface area contributed by atoms with Gasteiger partial charge in [0, 0.05) is 6.42 Å². The normalized spacial score (nSPS) is 13.8. The van der Waals surface area contributed by atoms with Gasteiger partial charge in [-0.2, -0.15) is 8.42 Å². The van der Waals surface area contributed by atoms with E-state index >= 15 is 0 Å². The number of aliphatic hydroxyl groups excluding tert-OH is 1. The molecule has 0 fully saturated rings. The maximum Gasteiger partial charge on any atom is 0.266 e. The monoisotopic (exact) mass is 599 g/mol. The van der Waals surface area contributed by atoms with Gasteiger partial charge in [-0.1, -0.05) is 141 Å². The third-order valence-corrected chi connectivity index (χ3v) is 8.44. The molecule has 41 heavy (non-hydrogen) atoms. The number of hydrogen-bond acceptors (Lipinski definition) is 4. The molecule has 3 N–H and O–H groups in total. The second-order valence-electron chi connectivity index (χ2n) is 11.8. The molecule has 0 aromatic carbocycles. The van der Waals surface area contributed by atoms with Crippen LogP contribution in [-0.4, -0.2) is 41.9 Å². The zero-order chi connectivity index (χ0) is 30.4. The van der Waals surface area contributed by atoms with E-state index in [1.807, 2.05) is 0 Å². The van der Waals surface area contributed by atoms with Crippen LogP contribution in [0.5, 0.6) is 0 Å². The molecule has 2 unspecified atom stereocenters. The molecular weight excluding hydrogens is 534 g/mol. The van der Waals surface area contributed by atoms with Crippen molar-refractivity contribution < 1.29 is 22.9 Å². The Morgan fingerprint density at radius 3 is 1.59 bits per heavy atom. The average molecular weight is 600 g/mol. The molecule has 0 aliphatic carbocycles. The van der Waals surface area contributed by atoms with Crippen molar-refractivity contribution in [3.8, 4) is 0 Å². The standard InChI is InChI=1S/C34H65NO5S/c1-3-5-7-9-10-11-12-13-14-15-16-17-18-19-20-21-22-23-24-26-28-30-34(37)35-32(31-41(38,39)40)33(36)29-27-25-8-6-4-2/h12-13,15-16,32-33,36H,3-11,14,17-31H2,1-2H3,(H,35,37)(H,38,39,40)/b13-12-,16-15-. The van der Waals surface area contributed by atoms with Crippen molar-refractivity contribution in [2.24, 2.45) is 0 Å². The Labute approximate surface area is 254 Å². The van der Waals surface area contributed by atoms with Gasteiger partial charge in [-0.3, -0.25) is 9.35 Å². The molecule has 0 aromatic rings. The Balaban J connectivity index is 3.76. The number of carbonyl (C=O) groups excluding carboxylic acids is 1. The Hall–Kier alpha value is -1.18. The molecule has 2 atom stereocenters. The Morgan fingerprint density at radius 2 is 1.10 bits per heavy atom. The van der Waals surface area contributed by atoms with Crippen molar-refractivity contribution in [3.05, 3.63) is 24.3 Å². The van der Waals surface area contributed by atoms with E-state index in [1.165, 1.54) is 83.5 Å². The minimum atomic E-state index is -4.29. The van der Waals surface area contributed by atoms with E-state index in [2.05, 4.69) is 43.5 Å². The fourth-order valence-corrected chi connectivity index (χ4v) is 5.83. The molecule has 242 valence electrons. The van der Waals surface area contributed by atoms with Gasteiger partial charge in [0.15, 0.2) is 0 Å². The number of rotatable bonds is 30. The van der Waals surface area contributed by atoms with Crippen LogP contribution in [0.15, 0.2) is 24.3 Å². The topological polar surface area (TPSA) is 104 Å². The fraction of sp³-hybridized carbons (Fsp3) is 0.853. The summed E-state index contributed by atoms with van der Waals surface area (Å²) in [6, 6.07) is -0.967. The lowest BCUT2D eigenvalue weighted by Gasteiger charge is -2.23. The van der Waals surface area contributed by atoms with Crippen LogP contribution in [0, 0.1) is 0 Å². The fourth-order valence-electron chi connectivity index (χ4n) is 5.07. The molecule has 0 aliphatic rings. The smallest absolute Gasteiger partial charge is 0.266 e. The summed E-state index contributed by atoms with van der Waals surface area (Å²) in [5, 5.41) is 13.1. The van der Waals surface area contributed by atoms with Crippen LogP contribution in [0.25, 0.3) is 0 Å². The maximum absolute atomic E-state index is 12.4. The van der Waals surface area contributed by atoms with Crippen molar-refractivity contribution in [2.45, 2.75) is 180 Å². The van der Waals surface area contributed by atoms with E-state index in [1.54, 1.807) is 0 Å². The van der Waals surface area contributed by atoms with E-state index < -0.39 is 28.0 Å². The highest BCUT2D eigenvalue weighted by Crippen LogP contribution is 2.14. The zero-order valence-electron chi connectivity index (χ0n) is 26.7. The first kappa shape index (κ1) is 39.8. The molecule has 0 bridgehead atoms. The number of unbranched alkanes of at least 4 members (excludes halogenated alkanes) is 18. The molecule has 0 heterocycles. The Kier molecular flexibility index (Phi) is 28.1. The summed E-state index contributed by atoms with van der Waals surface area (Å²) < 4.78 is 32.0. The van der Waals surface area contributed by atoms with Gasteiger partial charge >= 0.3 is 0 Å². The van der Waals surface area contributed by atoms with Crippen molar-refractivity contribution >= 4 is 16.0 Å². The van der Waals surface area contributed by atoms with E-state index in [9.17, 15) is 22.9 Å².